The van der Waals surface area contributed by atoms with Crippen LogP contribution in [0.2, 0.25) is 0 Å². The van der Waals surface area contributed by atoms with E-state index in [0.29, 0.717) is 35.9 Å². The van der Waals surface area contributed by atoms with Crippen LogP contribution in [-0.4, -0.2) is 52.8 Å². The first kappa shape index (κ1) is 21.4. The van der Waals surface area contributed by atoms with Crippen LogP contribution >= 0.6 is 0 Å². The second kappa shape index (κ2) is 9.51. The number of aromatic nitrogens is 2. The van der Waals surface area contributed by atoms with Gasteiger partial charge in [0.05, 0.1) is 24.8 Å². The van der Waals surface area contributed by atoms with Crippen LogP contribution < -0.4 is 14.8 Å². The Hall–Kier alpha value is -3.88. The quantitative estimate of drug-likeness (QED) is 0.613. The molecule has 0 saturated heterocycles. The summed E-state index contributed by atoms with van der Waals surface area (Å²) in [6.45, 7) is 0.721. The van der Waals surface area contributed by atoms with Gasteiger partial charge in [0.2, 0.25) is 11.8 Å². The molecule has 1 aliphatic rings. The molecular formula is C23H23FN4O4. The lowest BCUT2D eigenvalue weighted by atomic mass is 10.1. The summed E-state index contributed by atoms with van der Waals surface area (Å²) in [6.07, 6.45) is 2.64. The summed E-state index contributed by atoms with van der Waals surface area (Å²) < 4.78 is 26.7. The number of carbonyl (C=O) groups excluding carboxylic acids is 2. The molecule has 1 N–H and O–H groups in total. The van der Waals surface area contributed by atoms with E-state index in [4.69, 9.17) is 9.47 Å². The van der Waals surface area contributed by atoms with Crippen molar-refractivity contribution in [2.24, 2.45) is 0 Å². The van der Waals surface area contributed by atoms with Crippen molar-refractivity contribution in [3.63, 3.8) is 0 Å². The average Bonchev–Trinajstić information content (AvgIpc) is 3.21. The van der Waals surface area contributed by atoms with Gasteiger partial charge in [-0.1, -0.05) is 30.3 Å². The van der Waals surface area contributed by atoms with Gasteiger partial charge in [0.25, 0.3) is 0 Å². The lowest BCUT2D eigenvalue weighted by Crippen LogP contribution is -2.42. The van der Waals surface area contributed by atoms with Crippen LogP contribution in [0.5, 0.6) is 11.5 Å². The van der Waals surface area contributed by atoms with Crippen LogP contribution in [0.15, 0.2) is 60.9 Å². The molecule has 166 valence electrons. The molecule has 0 aliphatic carbocycles. The zero-order valence-corrected chi connectivity index (χ0v) is 17.5. The predicted molar refractivity (Wildman–Crippen MR) is 115 cm³/mol. The fraction of sp³-hybridized carbons (Fsp3) is 0.261. The first-order valence-corrected chi connectivity index (χ1v) is 10.2. The van der Waals surface area contributed by atoms with Crippen molar-refractivity contribution in [2.75, 3.05) is 25.5 Å². The van der Waals surface area contributed by atoms with Crippen LogP contribution in [0.4, 0.5) is 10.1 Å². The number of carbonyl (C=O) groups is 2. The fourth-order valence-electron chi connectivity index (χ4n) is 3.35. The van der Waals surface area contributed by atoms with Crippen LogP contribution in [0.25, 0.3) is 0 Å². The maximum atomic E-state index is 13.7. The number of benzene rings is 2. The highest BCUT2D eigenvalue weighted by molar-refractivity contribution is 5.92. The Labute approximate surface area is 184 Å². The Balaban J connectivity index is 1.27. The van der Waals surface area contributed by atoms with Crippen LogP contribution in [0.3, 0.4) is 0 Å². The number of hydrogen-bond donors (Lipinski definition) is 1. The molecule has 3 aromatic rings. The molecule has 0 fully saturated rings. The Morgan fingerprint density at radius 2 is 1.94 bits per heavy atom. The van der Waals surface area contributed by atoms with E-state index in [-0.39, 0.29) is 30.9 Å². The van der Waals surface area contributed by atoms with Gasteiger partial charge < -0.3 is 19.7 Å². The largest absolute Gasteiger partial charge is 0.486 e. The van der Waals surface area contributed by atoms with E-state index < -0.39 is 5.82 Å². The van der Waals surface area contributed by atoms with Crippen molar-refractivity contribution in [3.8, 4) is 11.5 Å². The van der Waals surface area contributed by atoms with Gasteiger partial charge in [-0.3, -0.25) is 14.3 Å². The Morgan fingerprint density at radius 3 is 2.75 bits per heavy atom. The minimum Gasteiger partial charge on any atom is -0.486 e. The van der Waals surface area contributed by atoms with Crippen molar-refractivity contribution < 1.29 is 23.5 Å². The van der Waals surface area contributed by atoms with E-state index >= 15 is 0 Å². The number of amides is 2. The van der Waals surface area contributed by atoms with E-state index in [1.807, 2.05) is 24.3 Å². The summed E-state index contributed by atoms with van der Waals surface area (Å²) in [4.78, 5) is 26.3. The summed E-state index contributed by atoms with van der Waals surface area (Å²) >= 11 is 0. The predicted octanol–water partition coefficient (Wildman–Crippen LogP) is 2.50. The Bertz CT molecular complexity index is 1120. The minimum absolute atomic E-state index is 0.00382. The summed E-state index contributed by atoms with van der Waals surface area (Å²) in [6, 6.07) is 13.5. The molecule has 2 aromatic carbocycles. The molecule has 2 heterocycles. The summed E-state index contributed by atoms with van der Waals surface area (Å²) in [5.41, 5.74) is 0.744. The fourth-order valence-corrected chi connectivity index (χ4v) is 3.35. The molecule has 9 heteroatoms. The number of nitrogens with zero attached hydrogens (tertiary/aromatic N) is 3. The van der Waals surface area contributed by atoms with Crippen molar-refractivity contribution in [2.45, 2.75) is 19.1 Å². The highest BCUT2D eigenvalue weighted by Crippen LogP contribution is 2.30. The molecule has 2 amide bonds. The molecule has 0 unspecified atom stereocenters. The monoisotopic (exact) mass is 438 g/mol. The van der Waals surface area contributed by atoms with Gasteiger partial charge in [-0.25, -0.2) is 4.39 Å². The molecule has 1 atom stereocenters. The van der Waals surface area contributed by atoms with E-state index in [1.165, 1.54) is 16.9 Å². The summed E-state index contributed by atoms with van der Waals surface area (Å²) in [5.74, 6) is 0.390. The van der Waals surface area contributed by atoms with Gasteiger partial charge in [0, 0.05) is 13.2 Å². The van der Waals surface area contributed by atoms with Crippen LogP contribution in [0, 0.1) is 5.82 Å². The van der Waals surface area contributed by atoms with E-state index in [2.05, 4.69) is 10.4 Å². The third-order valence-electron chi connectivity index (χ3n) is 4.99. The SMILES string of the molecule is CN(C[C@H]1COc2ccccc2O1)C(=O)Cn1cc(NC(=O)Cc2ccccc2F)cn1. The lowest BCUT2D eigenvalue weighted by Gasteiger charge is -2.29. The third kappa shape index (κ3) is 5.23. The van der Waals surface area contributed by atoms with Gasteiger partial charge >= 0.3 is 0 Å². The number of anilines is 1. The van der Waals surface area contributed by atoms with Gasteiger partial charge in [-0.15, -0.1) is 0 Å². The highest BCUT2D eigenvalue weighted by Gasteiger charge is 2.24. The summed E-state index contributed by atoms with van der Waals surface area (Å²) in [7, 11) is 1.69. The average molecular weight is 438 g/mol. The van der Waals surface area contributed by atoms with Gasteiger partial charge in [0.1, 0.15) is 19.0 Å². The van der Waals surface area contributed by atoms with Crippen molar-refractivity contribution >= 4 is 17.5 Å². The van der Waals surface area contributed by atoms with Crippen molar-refractivity contribution in [1.29, 1.82) is 0 Å². The number of fused-ring (bicyclic) bond motifs is 1. The normalized spacial score (nSPS) is 14.6. The first-order chi connectivity index (χ1) is 15.5. The molecule has 1 aromatic heterocycles. The Kier molecular flexibility index (Phi) is 6.34. The minimum atomic E-state index is -0.428. The molecule has 32 heavy (non-hydrogen) atoms. The Morgan fingerprint density at radius 1 is 1.19 bits per heavy atom. The third-order valence-corrected chi connectivity index (χ3v) is 4.99. The zero-order valence-electron chi connectivity index (χ0n) is 17.5. The number of rotatable bonds is 7. The molecule has 1 aliphatic heterocycles. The standard InChI is InChI=1S/C23H23FN4O4/c1-27(13-18-15-31-20-8-4-5-9-21(20)32-18)23(30)14-28-12-17(11-25-28)26-22(29)10-16-6-2-3-7-19(16)24/h2-9,11-12,18H,10,13-15H2,1H3,(H,26,29)/t18-/m0/s1. The number of para-hydroxylation sites is 2. The lowest BCUT2D eigenvalue weighted by molar-refractivity contribution is -0.132. The molecule has 0 spiro atoms. The highest BCUT2D eigenvalue weighted by atomic mass is 19.1. The number of ether oxygens (including phenoxy) is 2. The van der Waals surface area contributed by atoms with E-state index in [9.17, 15) is 14.0 Å². The van der Waals surface area contributed by atoms with E-state index in [1.54, 1.807) is 36.3 Å². The smallest absolute Gasteiger partial charge is 0.244 e. The summed E-state index contributed by atoms with van der Waals surface area (Å²) in [5, 5.41) is 6.78. The molecule has 0 bridgehead atoms. The molecular weight excluding hydrogens is 415 g/mol. The van der Waals surface area contributed by atoms with Crippen molar-refractivity contribution in [1.82, 2.24) is 14.7 Å². The molecule has 0 saturated carbocycles. The number of hydrogen-bond acceptors (Lipinski definition) is 5. The maximum Gasteiger partial charge on any atom is 0.244 e. The van der Waals surface area contributed by atoms with E-state index in [0.717, 1.165) is 0 Å². The van der Waals surface area contributed by atoms with Crippen LogP contribution in [-0.2, 0) is 22.6 Å². The number of halogens is 1. The van der Waals surface area contributed by atoms with Gasteiger partial charge in [-0.2, -0.15) is 5.10 Å². The first-order valence-electron chi connectivity index (χ1n) is 10.2. The zero-order chi connectivity index (χ0) is 22.5. The molecule has 8 nitrogen and oxygen atoms in total. The number of likely N-dealkylation sites (N-methyl/N-ethyl adjacent to an activating group) is 1. The molecule has 4 rings (SSSR count). The second-order valence-electron chi connectivity index (χ2n) is 7.51. The number of nitrogens with one attached hydrogen (secondary N) is 1. The van der Waals surface area contributed by atoms with Gasteiger partial charge in [-0.05, 0) is 23.8 Å². The topological polar surface area (TPSA) is 85.7 Å². The van der Waals surface area contributed by atoms with Crippen LogP contribution in [0.1, 0.15) is 5.56 Å². The maximum absolute atomic E-state index is 13.7. The molecule has 0 radical (unpaired) electrons. The van der Waals surface area contributed by atoms with Gasteiger partial charge in [0.15, 0.2) is 17.6 Å². The second-order valence-corrected chi connectivity index (χ2v) is 7.51. The van der Waals surface area contributed by atoms with Crippen molar-refractivity contribution in [3.05, 3.63) is 72.3 Å².